The molecule has 0 bridgehead atoms. The van der Waals surface area contributed by atoms with Crippen molar-refractivity contribution in [3.8, 4) is 79.7 Å². The van der Waals surface area contributed by atoms with Crippen LogP contribution in [0.4, 0.5) is 0 Å². The fraction of sp³-hybridized carbons (Fsp3) is 0.250. The van der Waals surface area contributed by atoms with E-state index < -0.39 is 11.9 Å². The van der Waals surface area contributed by atoms with E-state index in [1.54, 1.807) is 0 Å². The molecule has 0 atom stereocenters. The normalized spacial score (nSPS) is 12.0. The third-order valence-corrected chi connectivity index (χ3v) is 21.3. The number of fused-ring (bicyclic) bond motifs is 6. The largest absolute Gasteiger partial charge is 2.00 e. The molecule has 0 saturated heterocycles. The summed E-state index contributed by atoms with van der Waals surface area (Å²) in [5, 5.41) is 4.76. The Hall–Kier alpha value is -5.55. The van der Waals surface area contributed by atoms with Crippen LogP contribution in [0.15, 0.2) is 244 Å². The summed E-state index contributed by atoms with van der Waals surface area (Å²) in [6, 6.07) is 78.3. The topological polar surface area (TPSA) is 81.1 Å². The average Bonchev–Trinajstić information content (AvgIpc) is 1.60. The molecule has 6 aromatic heterocycles. The minimum Gasteiger partial charge on any atom is 2.00 e. The van der Waals surface area contributed by atoms with Crippen LogP contribution in [0.5, 0.6) is 0 Å². The molecular formula is C96H96Cl4K2N10Pt2. The summed E-state index contributed by atoms with van der Waals surface area (Å²) in [6.07, 6.45) is 16.1. The SMILES string of the molecule is CC(C)c1cccc(C(C)C)c1-n1ccnc1-c1[c-]c(-n2c3[c-]c(-c4nccn4-c4c(C(C)C)cccc4C(C)C)ccc3c3ccccc32)ccc1.CC(C)c1cccc(C(C)C)c1-n1ccnc1-c1cccc(-n2c3ccccc3c3ccc(-c4nccn4-c4c(C(C)C)cccc4C(C)C)cc32)c1.[Cl][Pt]([Cl])([Cl])[Cl].[K][K].[Pt+2]. The molecule has 0 spiro atoms. The maximum atomic E-state index is 5.01. The maximum absolute atomic E-state index is 5.01. The molecule has 16 aromatic rings. The molecule has 0 radical (unpaired) electrons. The fourth-order valence-electron chi connectivity index (χ4n) is 16.1. The standard InChI is InChI=1S/C48H49N5.C48H47N5.4ClH.2K.2Pt/c2*1-30(2)37-17-12-18-38(31(3)4)45(37)51-26-24-49-47(51)34-14-11-15-36(28-34)53-43-21-10-9-16-41(43)42-23-22-35(29-44(42)53)48-50-25-27-52(48)46-39(32(5)6)19-13-20-40(46)33(7)8;;;;;;;;/h9-33H,1-8H3;9-27,30-33H,1-8H3;4*1H;;;;/q;-2;;;;;;;+2;+4/p-4. The number of halogens is 4. The van der Waals surface area contributed by atoms with Gasteiger partial charge in [0.25, 0.3) is 0 Å². The van der Waals surface area contributed by atoms with E-state index >= 15 is 0 Å². The molecule has 6 heterocycles. The van der Waals surface area contributed by atoms with E-state index in [0.29, 0.717) is 47.3 Å². The summed E-state index contributed by atoms with van der Waals surface area (Å²) in [4.78, 5) is 19.9. The first-order valence-corrected chi connectivity index (χ1v) is 66.8. The van der Waals surface area contributed by atoms with E-state index in [2.05, 4.69) is 369 Å². The Kier molecular flexibility index (Phi) is 29.4. The number of aromatic nitrogens is 10. The van der Waals surface area contributed by atoms with Crippen LogP contribution < -0.4 is 0 Å². The molecule has 10 nitrogen and oxygen atoms in total. The van der Waals surface area contributed by atoms with Gasteiger partial charge in [-0.15, -0.1) is 53.6 Å². The van der Waals surface area contributed by atoms with Crippen molar-refractivity contribution in [2.75, 3.05) is 0 Å². The van der Waals surface area contributed by atoms with Gasteiger partial charge in [0.2, 0.25) is 0 Å². The van der Waals surface area contributed by atoms with E-state index in [-0.39, 0.29) is 21.1 Å². The first-order valence-electron chi connectivity index (χ1n) is 39.5. The summed E-state index contributed by atoms with van der Waals surface area (Å²) < 4.78 is 13.8. The zero-order chi connectivity index (χ0) is 80.4. The van der Waals surface area contributed by atoms with Crippen LogP contribution in [0, 0.1) is 12.1 Å². The van der Waals surface area contributed by atoms with Crippen molar-refractivity contribution in [3.05, 3.63) is 300 Å². The van der Waals surface area contributed by atoms with Gasteiger partial charge < -0.3 is 18.3 Å². The monoisotopic (exact) mass is 2000 g/mol. The first-order chi connectivity index (χ1) is 54.3. The Balaban J connectivity index is 0.000000194. The average molecular weight is 2000 g/mol. The van der Waals surface area contributed by atoms with Gasteiger partial charge in [0.1, 0.15) is 11.6 Å². The van der Waals surface area contributed by atoms with Gasteiger partial charge in [-0.2, -0.15) is 0 Å². The number of hydrogen-bond acceptors (Lipinski definition) is 4. The zero-order valence-corrected chi connectivity index (χ0v) is 82.1. The van der Waals surface area contributed by atoms with Gasteiger partial charge in [0.05, 0.1) is 34.1 Å². The molecule has 0 amide bonds. The Bertz CT molecular complexity index is 5590. The third-order valence-electron chi connectivity index (χ3n) is 21.3. The Morgan fingerprint density at radius 2 is 0.623 bits per heavy atom. The molecule has 0 N–H and O–H groups in total. The van der Waals surface area contributed by atoms with Crippen molar-refractivity contribution in [1.82, 2.24) is 47.3 Å². The molecule has 0 unspecified atom stereocenters. The molecule has 0 saturated carbocycles. The van der Waals surface area contributed by atoms with Crippen molar-refractivity contribution in [2.45, 2.75) is 158 Å². The van der Waals surface area contributed by atoms with Gasteiger partial charge in [-0.3, -0.25) is 19.1 Å². The predicted molar refractivity (Wildman–Crippen MR) is 477 cm³/mol. The van der Waals surface area contributed by atoms with E-state index in [1.165, 1.54) is 152 Å². The Labute approximate surface area is 751 Å². The van der Waals surface area contributed by atoms with Gasteiger partial charge in [-0.05, 0) is 139 Å². The summed E-state index contributed by atoms with van der Waals surface area (Å²) >= 11 is -0.556. The summed E-state index contributed by atoms with van der Waals surface area (Å²) in [6.45, 7) is 36.3. The number of para-hydroxylation sites is 6. The Morgan fingerprint density at radius 1 is 0.307 bits per heavy atom. The Morgan fingerprint density at radius 3 is 1.03 bits per heavy atom. The first kappa shape index (κ1) is 87.8. The molecule has 0 aliphatic heterocycles. The second kappa shape index (κ2) is 38.2. The summed E-state index contributed by atoms with van der Waals surface area (Å²) in [5.74, 6) is 6.60. The molecular weight excluding hydrogens is 1900 g/mol. The van der Waals surface area contributed by atoms with Crippen LogP contribution in [0.25, 0.3) is 123 Å². The van der Waals surface area contributed by atoms with Crippen LogP contribution >= 0.6 is 37.7 Å². The van der Waals surface area contributed by atoms with Crippen LogP contribution in [-0.2, 0) is 33.0 Å². The van der Waals surface area contributed by atoms with E-state index in [9.17, 15) is 0 Å². The smallest absolute Gasteiger partial charge is 2.00 e. The molecule has 0 aliphatic carbocycles. The van der Waals surface area contributed by atoms with Crippen LogP contribution in [0.2, 0.25) is 0 Å². The van der Waals surface area contributed by atoms with E-state index in [0.717, 1.165) is 78.9 Å². The molecule has 10 aromatic carbocycles. The van der Waals surface area contributed by atoms with Gasteiger partial charge in [0, 0.05) is 94.1 Å². The van der Waals surface area contributed by atoms with Gasteiger partial charge in [-0.1, -0.05) is 250 Å². The minimum absolute atomic E-state index is 0. The van der Waals surface area contributed by atoms with Crippen molar-refractivity contribution < 1.29 is 33.0 Å². The van der Waals surface area contributed by atoms with Crippen molar-refractivity contribution in [2.24, 2.45) is 0 Å². The van der Waals surface area contributed by atoms with Gasteiger partial charge in [-0.25, -0.2) is 9.97 Å². The zero-order valence-electron chi connectivity index (χ0n) is 68.3. The maximum Gasteiger partial charge on any atom is 2.00 e. The van der Waals surface area contributed by atoms with Crippen molar-refractivity contribution >= 4 is 144 Å². The predicted octanol–water partition coefficient (Wildman–Crippen LogP) is 27.6. The van der Waals surface area contributed by atoms with E-state index in [1.807, 2.05) is 24.8 Å². The van der Waals surface area contributed by atoms with Crippen molar-refractivity contribution in [1.29, 1.82) is 0 Å². The molecule has 0 fully saturated rings. The number of imidazole rings is 4. The molecule has 16 rings (SSSR count). The third kappa shape index (κ3) is 18.3. The molecule has 580 valence electrons. The summed E-state index contributed by atoms with van der Waals surface area (Å²) in [5.41, 5.74) is 26.0. The fourth-order valence-corrected chi connectivity index (χ4v) is 16.1. The molecule has 114 heavy (non-hydrogen) atoms. The number of benzene rings is 10. The number of nitrogens with zero attached hydrogens (tertiary/aromatic N) is 10. The number of rotatable bonds is 18. The number of hydrogen-bond donors (Lipinski definition) is 0. The van der Waals surface area contributed by atoms with Crippen LogP contribution in [0.1, 0.15) is 203 Å². The van der Waals surface area contributed by atoms with Crippen molar-refractivity contribution in [3.63, 3.8) is 0 Å². The minimum atomic E-state index is -3.06. The van der Waals surface area contributed by atoms with E-state index in [4.69, 9.17) is 57.6 Å². The second-order valence-electron chi connectivity index (χ2n) is 31.2. The van der Waals surface area contributed by atoms with Gasteiger partial charge >= 0.3 is 134 Å². The molecule has 18 heteroatoms. The van der Waals surface area contributed by atoms with Crippen LogP contribution in [-0.4, -0.2) is 110 Å². The summed E-state index contributed by atoms with van der Waals surface area (Å²) in [7, 11) is 20.0. The van der Waals surface area contributed by atoms with Gasteiger partial charge in [0.15, 0.2) is 0 Å². The second-order valence-corrected chi connectivity index (χ2v) is 50.9. The van der Waals surface area contributed by atoms with Crippen LogP contribution in [0.3, 0.4) is 0 Å². The molecule has 0 aliphatic rings. The quantitative estimate of drug-likeness (QED) is 0.0633.